The Morgan fingerprint density at radius 2 is 1.73 bits per heavy atom. The van der Waals surface area contributed by atoms with Gasteiger partial charge in [-0.25, -0.2) is 0 Å². The van der Waals surface area contributed by atoms with Crippen LogP contribution in [0.25, 0.3) is 0 Å². The number of carbonyl (C=O) groups excluding carboxylic acids is 2. The number of benzene rings is 2. The summed E-state index contributed by atoms with van der Waals surface area (Å²) in [6.45, 7) is 2.13. The van der Waals surface area contributed by atoms with Crippen LogP contribution in [-0.4, -0.2) is 24.4 Å². The maximum absolute atomic E-state index is 12.1. The number of amides is 2. The minimum absolute atomic E-state index is 0.0416. The van der Waals surface area contributed by atoms with Crippen LogP contribution in [0.3, 0.4) is 0 Å². The van der Waals surface area contributed by atoms with Crippen LogP contribution in [0.2, 0.25) is 0 Å². The standard InChI is InChI=1S/C20H22BrN3O2/c1-13(14-2-6-16(21)7-3-14)23-19(25)12-22-17-8-4-15(5-9-17)20(26)24-18-10-11-18/h2-9,13,18,22H,10-12H2,1H3,(H,23,25)(H,24,26). The van der Waals surface area contributed by atoms with Crippen LogP contribution in [0.15, 0.2) is 53.0 Å². The van der Waals surface area contributed by atoms with Gasteiger partial charge in [-0.2, -0.15) is 0 Å². The molecule has 1 aliphatic carbocycles. The molecule has 5 nitrogen and oxygen atoms in total. The van der Waals surface area contributed by atoms with Gasteiger partial charge in [-0.05, 0) is 61.7 Å². The first-order chi connectivity index (χ1) is 12.5. The van der Waals surface area contributed by atoms with Gasteiger partial charge >= 0.3 is 0 Å². The van der Waals surface area contributed by atoms with E-state index in [1.54, 1.807) is 12.1 Å². The molecule has 0 bridgehead atoms. The zero-order valence-electron chi connectivity index (χ0n) is 14.6. The van der Waals surface area contributed by atoms with Crippen LogP contribution in [0.1, 0.15) is 41.7 Å². The summed E-state index contributed by atoms with van der Waals surface area (Å²) in [4.78, 5) is 24.1. The molecule has 136 valence electrons. The third-order valence-electron chi connectivity index (χ3n) is 4.26. The van der Waals surface area contributed by atoms with Crippen molar-refractivity contribution in [1.82, 2.24) is 10.6 Å². The van der Waals surface area contributed by atoms with E-state index in [2.05, 4.69) is 31.9 Å². The highest BCUT2D eigenvalue weighted by molar-refractivity contribution is 9.10. The zero-order valence-corrected chi connectivity index (χ0v) is 16.2. The Hall–Kier alpha value is -2.34. The molecule has 0 aliphatic heterocycles. The van der Waals surface area contributed by atoms with Gasteiger partial charge in [0.25, 0.3) is 5.91 Å². The Bertz CT molecular complexity index is 771. The lowest BCUT2D eigenvalue weighted by Gasteiger charge is -2.15. The number of halogens is 1. The summed E-state index contributed by atoms with van der Waals surface area (Å²) >= 11 is 3.40. The van der Waals surface area contributed by atoms with Gasteiger partial charge in [-0.15, -0.1) is 0 Å². The van der Waals surface area contributed by atoms with Crippen molar-refractivity contribution < 1.29 is 9.59 Å². The fraction of sp³-hybridized carbons (Fsp3) is 0.300. The van der Waals surface area contributed by atoms with Crippen LogP contribution < -0.4 is 16.0 Å². The van der Waals surface area contributed by atoms with Crippen molar-refractivity contribution in [3.8, 4) is 0 Å². The molecule has 2 aromatic carbocycles. The summed E-state index contributed by atoms with van der Waals surface area (Å²) in [6.07, 6.45) is 2.14. The van der Waals surface area contributed by atoms with Gasteiger partial charge in [0.1, 0.15) is 0 Å². The SMILES string of the molecule is CC(NC(=O)CNc1ccc(C(=O)NC2CC2)cc1)c1ccc(Br)cc1. The lowest BCUT2D eigenvalue weighted by molar-refractivity contribution is -0.120. The number of rotatable bonds is 7. The van der Waals surface area contributed by atoms with Crippen LogP contribution in [-0.2, 0) is 4.79 Å². The van der Waals surface area contributed by atoms with Gasteiger partial charge in [-0.1, -0.05) is 28.1 Å². The van der Waals surface area contributed by atoms with Crippen molar-refractivity contribution >= 4 is 33.4 Å². The van der Waals surface area contributed by atoms with Crippen molar-refractivity contribution in [3.05, 3.63) is 64.1 Å². The van der Waals surface area contributed by atoms with Crippen LogP contribution in [0.5, 0.6) is 0 Å². The van der Waals surface area contributed by atoms with E-state index in [4.69, 9.17) is 0 Å². The summed E-state index contributed by atoms with van der Waals surface area (Å²) in [5.74, 6) is -0.129. The minimum Gasteiger partial charge on any atom is -0.376 e. The van der Waals surface area contributed by atoms with E-state index in [0.29, 0.717) is 11.6 Å². The van der Waals surface area contributed by atoms with E-state index in [9.17, 15) is 9.59 Å². The van der Waals surface area contributed by atoms with Gasteiger partial charge < -0.3 is 16.0 Å². The molecule has 3 rings (SSSR count). The highest BCUT2D eigenvalue weighted by atomic mass is 79.9. The number of anilines is 1. The smallest absolute Gasteiger partial charge is 0.251 e. The summed E-state index contributed by atoms with van der Waals surface area (Å²) in [6, 6.07) is 15.3. The Kier molecular flexibility index (Phi) is 5.93. The summed E-state index contributed by atoms with van der Waals surface area (Å²) in [5.41, 5.74) is 2.49. The Labute approximate surface area is 161 Å². The molecule has 6 heteroatoms. The summed E-state index contributed by atoms with van der Waals surface area (Å²) in [7, 11) is 0. The van der Waals surface area contributed by atoms with Crippen LogP contribution in [0, 0.1) is 0 Å². The largest absolute Gasteiger partial charge is 0.376 e. The molecule has 1 aliphatic rings. The van der Waals surface area contributed by atoms with Gasteiger partial charge in [0.2, 0.25) is 5.91 Å². The second-order valence-electron chi connectivity index (χ2n) is 6.52. The topological polar surface area (TPSA) is 70.2 Å². The Morgan fingerprint density at radius 1 is 1.08 bits per heavy atom. The van der Waals surface area contributed by atoms with E-state index in [1.165, 1.54) is 0 Å². The molecule has 1 unspecified atom stereocenters. The van der Waals surface area contributed by atoms with Crippen LogP contribution in [0.4, 0.5) is 5.69 Å². The lowest BCUT2D eigenvalue weighted by atomic mass is 10.1. The number of hydrogen-bond acceptors (Lipinski definition) is 3. The molecule has 3 N–H and O–H groups in total. The van der Waals surface area contributed by atoms with E-state index >= 15 is 0 Å². The van der Waals surface area contributed by atoms with Crippen molar-refractivity contribution in [2.24, 2.45) is 0 Å². The molecule has 2 aromatic rings. The minimum atomic E-state index is -0.0871. The average molecular weight is 416 g/mol. The quantitative estimate of drug-likeness (QED) is 0.646. The molecule has 1 atom stereocenters. The predicted molar refractivity (Wildman–Crippen MR) is 106 cm³/mol. The van der Waals surface area contributed by atoms with E-state index in [1.807, 2.05) is 43.3 Å². The van der Waals surface area contributed by atoms with Gasteiger partial charge in [0, 0.05) is 21.8 Å². The van der Waals surface area contributed by atoms with Crippen molar-refractivity contribution in [2.75, 3.05) is 11.9 Å². The summed E-state index contributed by atoms with van der Waals surface area (Å²) in [5, 5.41) is 9.00. The van der Waals surface area contributed by atoms with Gasteiger partial charge in [0.05, 0.1) is 12.6 Å². The second-order valence-corrected chi connectivity index (χ2v) is 7.44. The van der Waals surface area contributed by atoms with Gasteiger partial charge in [-0.3, -0.25) is 9.59 Å². The molecule has 0 radical (unpaired) electrons. The van der Waals surface area contributed by atoms with E-state index < -0.39 is 0 Å². The molecule has 0 aromatic heterocycles. The molecule has 0 spiro atoms. The first-order valence-electron chi connectivity index (χ1n) is 8.71. The molecule has 1 fully saturated rings. The zero-order chi connectivity index (χ0) is 18.5. The first-order valence-corrected chi connectivity index (χ1v) is 9.50. The van der Waals surface area contributed by atoms with Crippen molar-refractivity contribution in [1.29, 1.82) is 0 Å². The predicted octanol–water partition coefficient (Wildman–Crippen LogP) is 3.63. The van der Waals surface area contributed by atoms with E-state index in [-0.39, 0.29) is 24.4 Å². The molecule has 1 saturated carbocycles. The Morgan fingerprint density at radius 3 is 2.35 bits per heavy atom. The Balaban J connectivity index is 1.46. The highest BCUT2D eigenvalue weighted by Crippen LogP contribution is 2.20. The van der Waals surface area contributed by atoms with E-state index in [0.717, 1.165) is 28.6 Å². The van der Waals surface area contributed by atoms with Gasteiger partial charge in [0.15, 0.2) is 0 Å². The number of hydrogen-bond donors (Lipinski definition) is 3. The molecule has 2 amide bonds. The van der Waals surface area contributed by atoms with Crippen molar-refractivity contribution in [2.45, 2.75) is 31.8 Å². The highest BCUT2D eigenvalue weighted by Gasteiger charge is 2.23. The molecule has 26 heavy (non-hydrogen) atoms. The molecular formula is C20H22BrN3O2. The molecule has 0 heterocycles. The summed E-state index contributed by atoms with van der Waals surface area (Å²) < 4.78 is 1.01. The third kappa shape index (κ3) is 5.33. The van der Waals surface area contributed by atoms with Crippen LogP contribution >= 0.6 is 15.9 Å². The molecular weight excluding hydrogens is 394 g/mol. The second kappa shape index (κ2) is 8.36. The maximum Gasteiger partial charge on any atom is 0.251 e. The monoisotopic (exact) mass is 415 g/mol. The van der Waals surface area contributed by atoms with Crippen molar-refractivity contribution in [3.63, 3.8) is 0 Å². The average Bonchev–Trinajstić information content (AvgIpc) is 3.45. The number of carbonyl (C=O) groups is 2. The number of nitrogens with one attached hydrogen (secondary N) is 3. The first kappa shape index (κ1) is 18.5. The lowest BCUT2D eigenvalue weighted by Crippen LogP contribution is -2.32. The molecule has 0 saturated heterocycles. The fourth-order valence-electron chi connectivity index (χ4n) is 2.55. The fourth-order valence-corrected chi connectivity index (χ4v) is 2.81. The maximum atomic E-state index is 12.1. The third-order valence-corrected chi connectivity index (χ3v) is 4.79. The normalized spacial score (nSPS) is 14.4.